The quantitative estimate of drug-likeness (QED) is 0.871. The molecule has 1 saturated heterocycles. The van der Waals surface area contributed by atoms with Gasteiger partial charge in [0.2, 0.25) is 0 Å². The van der Waals surface area contributed by atoms with Crippen molar-refractivity contribution in [2.24, 2.45) is 5.73 Å². The van der Waals surface area contributed by atoms with Crippen LogP contribution in [0.4, 0.5) is 14.5 Å². The Morgan fingerprint density at radius 2 is 2.00 bits per heavy atom. The Bertz CT molecular complexity index is 515. The summed E-state index contributed by atoms with van der Waals surface area (Å²) in [4.78, 5) is 1.66. The molecule has 1 aromatic carbocycles. The standard InChI is InChI=1S/C14H18F2N2OS/c1-14(19-2)4-3-5-18(8-14)12-10(15)6-9(13(17)20)7-11(12)16/h6-7H,3-5,8H2,1-2H3,(H2,17,20). The minimum atomic E-state index is -0.645. The molecule has 0 spiro atoms. The zero-order valence-electron chi connectivity index (χ0n) is 11.6. The van der Waals surface area contributed by atoms with Crippen molar-refractivity contribution in [1.82, 2.24) is 0 Å². The van der Waals surface area contributed by atoms with Crippen LogP contribution in [0.25, 0.3) is 0 Å². The molecule has 1 aliphatic heterocycles. The Labute approximate surface area is 122 Å². The monoisotopic (exact) mass is 300 g/mol. The van der Waals surface area contributed by atoms with Crippen LogP contribution in [0.3, 0.4) is 0 Å². The number of halogens is 2. The van der Waals surface area contributed by atoms with E-state index < -0.39 is 11.6 Å². The van der Waals surface area contributed by atoms with Gasteiger partial charge in [-0.1, -0.05) is 12.2 Å². The molecule has 0 bridgehead atoms. The van der Waals surface area contributed by atoms with Crippen molar-refractivity contribution < 1.29 is 13.5 Å². The first-order valence-electron chi connectivity index (χ1n) is 6.45. The topological polar surface area (TPSA) is 38.5 Å². The van der Waals surface area contributed by atoms with Crippen LogP contribution in [0.15, 0.2) is 12.1 Å². The molecule has 1 fully saturated rings. The molecule has 3 nitrogen and oxygen atoms in total. The van der Waals surface area contributed by atoms with Gasteiger partial charge in [0.15, 0.2) is 0 Å². The summed E-state index contributed by atoms with van der Waals surface area (Å²) in [6.45, 7) is 2.99. The maximum Gasteiger partial charge on any atom is 0.150 e. The van der Waals surface area contributed by atoms with Gasteiger partial charge in [-0.3, -0.25) is 0 Å². The van der Waals surface area contributed by atoms with Crippen molar-refractivity contribution in [3.63, 3.8) is 0 Å². The van der Waals surface area contributed by atoms with Crippen LogP contribution in [0.1, 0.15) is 25.3 Å². The number of thiocarbonyl (C=S) groups is 1. The third-order valence-corrected chi connectivity index (χ3v) is 4.01. The summed E-state index contributed by atoms with van der Waals surface area (Å²) in [6, 6.07) is 2.36. The number of anilines is 1. The van der Waals surface area contributed by atoms with Gasteiger partial charge in [-0.25, -0.2) is 8.78 Å². The molecule has 0 radical (unpaired) electrons. The van der Waals surface area contributed by atoms with E-state index in [0.717, 1.165) is 12.8 Å². The molecule has 2 rings (SSSR count). The summed E-state index contributed by atoms with van der Waals surface area (Å²) >= 11 is 4.75. The predicted octanol–water partition coefficient (Wildman–Crippen LogP) is 2.60. The van der Waals surface area contributed by atoms with Gasteiger partial charge >= 0.3 is 0 Å². The Kier molecular flexibility index (Phi) is 4.25. The second-order valence-corrected chi connectivity index (χ2v) is 5.77. The number of ether oxygens (including phenoxy) is 1. The highest BCUT2D eigenvalue weighted by atomic mass is 32.1. The number of nitrogens with zero attached hydrogens (tertiary/aromatic N) is 1. The van der Waals surface area contributed by atoms with Gasteiger partial charge < -0.3 is 15.4 Å². The fraction of sp³-hybridized carbons (Fsp3) is 0.500. The highest BCUT2D eigenvalue weighted by Crippen LogP contribution is 2.32. The summed E-state index contributed by atoms with van der Waals surface area (Å²) < 4.78 is 33.8. The first-order valence-corrected chi connectivity index (χ1v) is 6.86. The Hall–Kier alpha value is -1.27. The van der Waals surface area contributed by atoms with E-state index in [2.05, 4.69) is 0 Å². The van der Waals surface area contributed by atoms with E-state index in [-0.39, 0.29) is 21.8 Å². The van der Waals surface area contributed by atoms with E-state index >= 15 is 0 Å². The molecule has 1 unspecified atom stereocenters. The third kappa shape index (κ3) is 2.91. The predicted molar refractivity (Wildman–Crippen MR) is 79.1 cm³/mol. The van der Waals surface area contributed by atoms with Gasteiger partial charge in [-0.05, 0) is 31.9 Å². The fourth-order valence-corrected chi connectivity index (χ4v) is 2.69. The molecule has 0 aliphatic carbocycles. The Morgan fingerprint density at radius 1 is 1.40 bits per heavy atom. The molecule has 1 heterocycles. The molecular weight excluding hydrogens is 282 g/mol. The van der Waals surface area contributed by atoms with Crippen molar-refractivity contribution in [2.75, 3.05) is 25.1 Å². The highest BCUT2D eigenvalue weighted by molar-refractivity contribution is 7.80. The minimum absolute atomic E-state index is 0.0188. The molecule has 20 heavy (non-hydrogen) atoms. The number of nitrogens with two attached hydrogens (primary N) is 1. The van der Waals surface area contributed by atoms with Gasteiger partial charge in [0, 0.05) is 25.8 Å². The van der Waals surface area contributed by atoms with Crippen molar-refractivity contribution in [3.8, 4) is 0 Å². The van der Waals surface area contributed by atoms with E-state index in [1.165, 1.54) is 12.1 Å². The van der Waals surface area contributed by atoms with E-state index in [1.807, 2.05) is 6.92 Å². The number of hydrogen-bond acceptors (Lipinski definition) is 3. The van der Waals surface area contributed by atoms with E-state index in [4.69, 9.17) is 22.7 Å². The number of benzene rings is 1. The average Bonchev–Trinajstić information content (AvgIpc) is 2.38. The summed E-state index contributed by atoms with van der Waals surface area (Å²) in [5.74, 6) is -1.29. The minimum Gasteiger partial charge on any atom is -0.389 e. The number of methoxy groups -OCH3 is 1. The van der Waals surface area contributed by atoms with Crippen molar-refractivity contribution >= 4 is 22.9 Å². The molecule has 1 aromatic rings. The molecule has 0 saturated carbocycles. The first kappa shape index (κ1) is 15.1. The molecule has 1 atom stereocenters. The number of piperidine rings is 1. The maximum absolute atomic E-state index is 14.2. The van der Waals surface area contributed by atoms with Crippen molar-refractivity contribution in [2.45, 2.75) is 25.4 Å². The van der Waals surface area contributed by atoms with E-state index in [9.17, 15) is 8.78 Å². The molecule has 0 aromatic heterocycles. The zero-order valence-corrected chi connectivity index (χ0v) is 12.4. The van der Waals surface area contributed by atoms with Crippen LogP contribution < -0.4 is 10.6 Å². The van der Waals surface area contributed by atoms with Gasteiger partial charge in [0.1, 0.15) is 22.3 Å². The summed E-state index contributed by atoms with van der Waals surface area (Å²) in [6.07, 6.45) is 1.69. The van der Waals surface area contributed by atoms with E-state index in [0.29, 0.717) is 13.1 Å². The molecule has 0 amide bonds. The SMILES string of the molecule is COC1(C)CCCN(c2c(F)cc(C(N)=S)cc2F)C1. The molecule has 6 heteroatoms. The van der Waals surface area contributed by atoms with Crippen molar-refractivity contribution in [3.05, 3.63) is 29.3 Å². The Balaban J connectivity index is 2.35. The second kappa shape index (κ2) is 5.61. The van der Waals surface area contributed by atoms with Gasteiger partial charge in [-0.15, -0.1) is 0 Å². The van der Waals surface area contributed by atoms with Crippen LogP contribution in [-0.2, 0) is 4.74 Å². The van der Waals surface area contributed by atoms with Gasteiger partial charge in [-0.2, -0.15) is 0 Å². The van der Waals surface area contributed by atoms with Crippen LogP contribution in [-0.4, -0.2) is 30.8 Å². The normalized spacial score (nSPS) is 22.9. The summed E-state index contributed by atoms with van der Waals surface area (Å²) in [5.41, 5.74) is 5.18. The lowest BCUT2D eigenvalue weighted by molar-refractivity contribution is -0.00489. The molecule has 1 aliphatic rings. The maximum atomic E-state index is 14.2. The molecule has 110 valence electrons. The lowest BCUT2D eigenvalue weighted by Crippen LogP contribution is -2.48. The lowest BCUT2D eigenvalue weighted by Gasteiger charge is -2.40. The van der Waals surface area contributed by atoms with E-state index in [1.54, 1.807) is 12.0 Å². The smallest absolute Gasteiger partial charge is 0.150 e. The summed E-state index contributed by atoms with van der Waals surface area (Å²) in [7, 11) is 1.62. The molecular formula is C14H18F2N2OS. The van der Waals surface area contributed by atoms with Crippen molar-refractivity contribution in [1.29, 1.82) is 0 Å². The number of rotatable bonds is 3. The van der Waals surface area contributed by atoms with Crippen LogP contribution in [0.5, 0.6) is 0 Å². The Morgan fingerprint density at radius 3 is 2.50 bits per heavy atom. The van der Waals surface area contributed by atoms with Crippen LogP contribution in [0.2, 0.25) is 0 Å². The van der Waals surface area contributed by atoms with Gasteiger partial charge in [0.05, 0.1) is 5.60 Å². The van der Waals surface area contributed by atoms with Crippen LogP contribution in [0, 0.1) is 11.6 Å². The second-order valence-electron chi connectivity index (χ2n) is 5.33. The lowest BCUT2D eigenvalue weighted by atomic mass is 9.94. The van der Waals surface area contributed by atoms with Gasteiger partial charge in [0.25, 0.3) is 0 Å². The highest BCUT2D eigenvalue weighted by Gasteiger charge is 2.33. The fourth-order valence-electron chi connectivity index (χ4n) is 2.57. The average molecular weight is 300 g/mol. The number of hydrogen-bond donors (Lipinski definition) is 1. The third-order valence-electron chi connectivity index (χ3n) is 3.77. The zero-order chi connectivity index (χ0) is 14.9. The first-order chi connectivity index (χ1) is 9.36. The largest absolute Gasteiger partial charge is 0.389 e. The summed E-state index contributed by atoms with van der Waals surface area (Å²) in [5, 5.41) is 0. The van der Waals surface area contributed by atoms with Crippen LogP contribution >= 0.6 is 12.2 Å². The molecule has 2 N–H and O–H groups in total.